The Bertz CT molecular complexity index is 1200. The van der Waals surface area contributed by atoms with Gasteiger partial charge in [0.15, 0.2) is 0 Å². The third-order valence-corrected chi connectivity index (χ3v) is 5.02. The number of halogens is 1. The summed E-state index contributed by atoms with van der Waals surface area (Å²) in [7, 11) is 0. The first-order valence-corrected chi connectivity index (χ1v) is 10.8. The van der Waals surface area contributed by atoms with Crippen LogP contribution in [0.2, 0.25) is 5.02 Å². The first-order valence-electron chi connectivity index (χ1n) is 10.4. The van der Waals surface area contributed by atoms with Crippen molar-refractivity contribution in [3.63, 3.8) is 0 Å². The van der Waals surface area contributed by atoms with E-state index in [0.29, 0.717) is 27.0 Å². The maximum Gasteiger partial charge on any atom is 0.419 e. The van der Waals surface area contributed by atoms with Gasteiger partial charge in [-0.1, -0.05) is 29.8 Å². The van der Waals surface area contributed by atoms with E-state index in [2.05, 4.69) is 5.43 Å². The second-order valence-corrected chi connectivity index (χ2v) is 10.2. The van der Waals surface area contributed by atoms with Crippen LogP contribution in [0.4, 0.5) is 4.79 Å². The van der Waals surface area contributed by atoms with E-state index in [1.165, 1.54) is 4.57 Å². The van der Waals surface area contributed by atoms with E-state index in [1.807, 2.05) is 12.1 Å². The van der Waals surface area contributed by atoms with Gasteiger partial charge in [0.05, 0.1) is 22.8 Å². The molecule has 0 fully saturated rings. The van der Waals surface area contributed by atoms with Gasteiger partial charge in [-0.15, -0.1) is 0 Å². The molecular formula is C24H30ClN3O4. The number of nitrogens with zero attached hydrogens (tertiary/aromatic N) is 1. The Kier molecular flexibility index (Phi) is 6.30. The number of hydrazine groups is 1. The molecule has 3 rings (SSSR count). The van der Waals surface area contributed by atoms with Crippen molar-refractivity contribution in [1.29, 1.82) is 0 Å². The summed E-state index contributed by atoms with van der Waals surface area (Å²) in [5.41, 5.74) is 2.30. The van der Waals surface area contributed by atoms with E-state index in [1.54, 1.807) is 66.7 Å². The number of nitrogens with one attached hydrogen (secondary N) is 1. The number of fused-ring (bicyclic) bond motifs is 3. The smallest absolute Gasteiger partial charge is 0.419 e. The molecule has 0 saturated carbocycles. The lowest BCUT2D eigenvalue weighted by Gasteiger charge is -2.23. The first kappa shape index (κ1) is 24.0. The molecule has 3 aromatic rings. The van der Waals surface area contributed by atoms with Crippen LogP contribution in [0, 0.1) is 0 Å². The lowest BCUT2D eigenvalue weighted by atomic mass is 10.0. The predicted molar refractivity (Wildman–Crippen MR) is 127 cm³/mol. The largest absolute Gasteiger partial charge is 0.456 e. The number of ether oxygens (including phenoxy) is 2. The summed E-state index contributed by atoms with van der Waals surface area (Å²) >= 11 is 6.29. The van der Waals surface area contributed by atoms with Gasteiger partial charge in [-0.25, -0.2) is 14.2 Å². The summed E-state index contributed by atoms with van der Waals surface area (Å²) in [5.74, 6) is 5.21. The van der Waals surface area contributed by atoms with Gasteiger partial charge >= 0.3 is 12.1 Å². The first-order chi connectivity index (χ1) is 14.7. The van der Waals surface area contributed by atoms with E-state index >= 15 is 0 Å². The van der Waals surface area contributed by atoms with Gasteiger partial charge in [0, 0.05) is 15.8 Å². The van der Waals surface area contributed by atoms with E-state index in [-0.39, 0.29) is 5.56 Å². The molecule has 8 heteroatoms. The van der Waals surface area contributed by atoms with Crippen LogP contribution in [0.5, 0.6) is 0 Å². The van der Waals surface area contributed by atoms with Gasteiger partial charge in [0.2, 0.25) is 0 Å². The van der Waals surface area contributed by atoms with E-state index < -0.39 is 29.3 Å². The van der Waals surface area contributed by atoms with Crippen molar-refractivity contribution in [3.05, 3.63) is 46.6 Å². The number of benzene rings is 2. The Morgan fingerprint density at radius 1 is 1.00 bits per heavy atom. The highest BCUT2D eigenvalue weighted by Crippen LogP contribution is 2.37. The van der Waals surface area contributed by atoms with Crippen LogP contribution < -0.4 is 11.3 Å². The molecule has 0 amide bonds. The zero-order valence-corrected chi connectivity index (χ0v) is 20.3. The van der Waals surface area contributed by atoms with E-state index in [0.717, 1.165) is 5.39 Å². The van der Waals surface area contributed by atoms with Crippen molar-refractivity contribution in [1.82, 2.24) is 9.99 Å². The van der Waals surface area contributed by atoms with Crippen LogP contribution in [0.25, 0.3) is 21.7 Å². The normalized spacial score (nSPS) is 13.4. The monoisotopic (exact) mass is 459 g/mol. The fraction of sp³-hybridized carbons (Fsp3) is 0.417. The van der Waals surface area contributed by atoms with Crippen LogP contribution in [-0.4, -0.2) is 27.8 Å². The number of nitrogens with two attached hydrogens (primary N) is 1. The molecular weight excluding hydrogens is 430 g/mol. The molecule has 3 N–H and O–H groups in total. The van der Waals surface area contributed by atoms with Crippen LogP contribution in [0.1, 0.15) is 70.6 Å². The molecule has 1 aromatic heterocycles. The highest BCUT2D eigenvalue weighted by molar-refractivity contribution is 6.32. The highest BCUT2D eigenvalue weighted by atomic mass is 35.5. The fourth-order valence-corrected chi connectivity index (χ4v) is 3.79. The molecule has 0 spiro atoms. The molecule has 7 nitrogen and oxygen atoms in total. The van der Waals surface area contributed by atoms with Gasteiger partial charge < -0.3 is 9.47 Å². The van der Waals surface area contributed by atoms with Gasteiger partial charge in [-0.05, 0) is 66.0 Å². The molecule has 1 heterocycles. The molecule has 0 aliphatic rings. The molecule has 0 saturated heterocycles. The van der Waals surface area contributed by atoms with E-state index in [4.69, 9.17) is 26.9 Å². The van der Waals surface area contributed by atoms with Crippen molar-refractivity contribution in [3.8, 4) is 0 Å². The SMILES string of the molecule is CC(NN)c1c(C(=O)OC(C)(C)C)c2ccc3ccc(Cl)cc3c2n1C(=O)OC(C)(C)C. The van der Waals surface area contributed by atoms with E-state index in [9.17, 15) is 9.59 Å². The Hall–Kier alpha value is -2.61. The molecule has 1 atom stereocenters. The average molecular weight is 460 g/mol. The number of aromatic nitrogens is 1. The molecule has 0 bridgehead atoms. The molecule has 0 aliphatic carbocycles. The summed E-state index contributed by atoms with van der Waals surface area (Å²) in [5, 5.41) is 2.63. The molecule has 0 aliphatic heterocycles. The van der Waals surface area contributed by atoms with Crippen molar-refractivity contribution in [2.75, 3.05) is 0 Å². The number of esters is 1. The Morgan fingerprint density at radius 2 is 1.59 bits per heavy atom. The quantitative estimate of drug-likeness (QED) is 0.296. The molecule has 0 radical (unpaired) electrons. The van der Waals surface area contributed by atoms with Crippen LogP contribution in [0.3, 0.4) is 0 Å². The minimum atomic E-state index is -0.751. The zero-order chi connectivity index (χ0) is 24.0. The Balaban J connectivity index is 2.49. The Labute approximate surface area is 192 Å². The predicted octanol–water partition coefficient (Wildman–Crippen LogP) is 5.71. The van der Waals surface area contributed by atoms with Crippen LogP contribution >= 0.6 is 11.6 Å². The minimum absolute atomic E-state index is 0.258. The van der Waals surface area contributed by atoms with Crippen molar-refractivity contribution in [2.24, 2.45) is 5.84 Å². The minimum Gasteiger partial charge on any atom is -0.456 e. The fourth-order valence-electron chi connectivity index (χ4n) is 3.62. The number of hydrogen-bond donors (Lipinski definition) is 2. The third kappa shape index (κ3) is 4.75. The van der Waals surface area contributed by atoms with Gasteiger partial charge in [-0.2, -0.15) is 0 Å². The second kappa shape index (κ2) is 8.39. The number of rotatable bonds is 3. The summed E-state index contributed by atoms with van der Waals surface area (Å²) in [6, 6.07) is 8.52. The molecule has 1 unspecified atom stereocenters. The lowest BCUT2D eigenvalue weighted by Crippen LogP contribution is -2.33. The number of hydrogen-bond acceptors (Lipinski definition) is 6. The van der Waals surface area contributed by atoms with Crippen molar-refractivity contribution >= 4 is 45.3 Å². The van der Waals surface area contributed by atoms with Gasteiger partial charge in [0.25, 0.3) is 0 Å². The summed E-state index contributed by atoms with van der Waals surface area (Å²) in [6.45, 7) is 12.5. The number of carbonyl (C=O) groups is 2. The maximum atomic E-state index is 13.5. The van der Waals surface area contributed by atoms with Crippen molar-refractivity contribution < 1.29 is 19.1 Å². The summed E-state index contributed by atoms with van der Waals surface area (Å²) in [4.78, 5) is 26.8. The molecule has 2 aromatic carbocycles. The summed E-state index contributed by atoms with van der Waals surface area (Å²) in [6.07, 6.45) is -0.623. The Morgan fingerprint density at radius 3 is 2.16 bits per heavy atom. The van der Waals surface area contributed by atoms with Gasteiger partial charge in [-0.3, -0.25) is 11.3 Å². The molecule has 32 heavy (non-hydrogen) atoms. The topological polar surface area (TPSA) is 95.6 Å². The maximum absolute atomic E-state index is 13.5. The van der Waals surface area contributed by atoms with Gasteiger partial charge in [0.1, 0.15) is 11.2 Å². The average Bonchev–Trinajstić information content (AvgIpc) is 3.00. The third-order valence-electron chi connectivity index (χ3n) is 4.78. The number of carbonyl (C=O) groups excluding carboxylic acids is 2. The molecule has 172 valence electrons. The van der Waals surface area contributed by atoms with Crippen LogP contribution in [0.15, 0.2) is 30.3 Å². The standard InChI is InChI=1S/C24H30ClN3O4/c1-13(27-26)19-18(21(29)31-23(2,3)4)16-11-9-14-8-10-15(25)12-17(14)20(16)28(19)22(30)32-24(5,6)7/h8-13,27H,26H2,1-7H3. The van der Waals surface area contributed by atoms with Crippen molar-refractivity contribution in [2.45, 2.75) is 65.7 Å². The lowest BCUT2D eigenvalue weighted by molar-refractivity contribution is 0.00698. The summed E-state index contributed by atoms with van der Waals surface area (Å²) < 4.78 is 12.8. The van der Waals surface area contributed by atoms with Crippen LogP contribution in [-0.2, 0) is 9.47 Å². The zero-order valence-electron chi connectivity index (χ0n) is 19.5. The highest BCUT2D eigenvalue weighted by Gasteiger charge is 2.33. The second-order valence-electron chi connectivity index (χ2n) is 9.79.